The van der Waals surface area contributed by atoms with Crippen molar-refractivity contribution in [2.45, 2.75) is 57.4 Å². The highest BCUT2D eigenvalue weighted by atomic mass is 19.4. The van der Waals surface area contributed by atoms with Crippen LogP contribution in [0.4, 0.5) is 23.5 Å². The molecule has 42 heavy (non-hydrogen) atoms. The summed E-state index contributed by atoms with van der Waals surface area (Å²) in [4.78, 5) is 24.2. The van der Waals surface area contributed by atoms with Crippen LogP contribution in [0.2, 0.25) is 0 Å². The first-order valence-electron chi connectivity index (χ1n) is 13.8. The molecule has 2 aliphatic heterocycles. The SMILES string of the molecule is CCOC(=O)c1nc(N2C[C@@H](C)O[C@@H](c3cnn(C4CC4)c3)C2)nc(-c2ccc(C(F)(F)F)cc2F)c1C1OCCO1. The van der Waals surface area contributed by atoms with E-state index in [-0.39, 0.29) is 60.9 Å². The molecule has 1 saturated carbocycles. The van der Waals surface area contributed by atoms with Gasteiger partial charge in [-0.25, -0.2) is 19.2 Å². The second kappa shape index (κ2) is 11.2. The number of nitrogens with zero attached hydrogens (tertiary/aromatic N) is 5. The van der Waals surface area contributed by atoms with Crippen LogP contribution >= 0.6 is 0 Å². The molecule has 4 heterocycles. The molecule has 1 aliphatic carbocycles. The van der Waals surface area contributed by atoms with Gasteiger partial charge in [0.05, 0.1) is 61.5 Å². The van der Waals surface area contributed by atoms with E-state index in [0.29, 0.717) is 18.7 Å². The summed E-state index contributed by atoms with van der Waals surface area (Å²) in [5, 5.41) is 4.45. The number of hydrogen-bond acceptors (Lipinski definition) is 9. The molecule has 0 unspecified atom stereocenters. The molecule has 3 aliphatic rings. The molecule has 3 aromatic rings. The summed E-state index contributed by atoms with van der Waals surface area (Å²) in [5.41, 5.74) is -0.928. The zero-order chi connectivity index (χ0) is 29.6. The zero-order valence-corrected chi connectivity index (χ0v) is 22.9. The quantitative estimate of drug-likeness (QED) is 0.277. The van der Waals surface area contributed by atoms with Crippen LogP contribution in [0.15, 0.2) is 30.6 Å². The standard InChI is InChI=1S/C28H29F4N5O5/c1-3-39-25(38)24-22(26-40-8-9-41-26)23(19-7-4-17(10-20(19)29)28(30,31)32)34-27(35-24)36-12-15(2)42-21(14-36)16-11-33-37(13-16)18-5-6-18/h4,7,10-11,13,15,18,21,26H,3,5-6,8-9,12,14H2,1-2H3/t15-,21-/m1/s1. The molecule has 0 radical (unpaired) electrons. The number of rotatable bonds is 7. The maximum Gasteiger partial charge on any atom is 0.416 e. The number of morpholine rings is 1. The first-order chi connectivity index (χ1) is 20.1. The molecule has 0 bridgehead atoms. The number of halogens is 4. The van der Waals surface area contributed by atoms with Crippen molar-refractivity contribution in [2.75, 3.05) is 37.8 Å². The summed E-state index contributed by atoms with van der Waals surface area (Å²) in [6.07, 6.45) is -0.736. The average Bonchev–Trinajstić information content (AvgIpc) is 3.43. The predicted octanol–water partition coefficient (Wildman–Crippen LogP) is 5.02. The lowest BCUT2D eigenvalue weighted by molar-refractivity contribution is -0.137. The van der Waals surface area contributed by atoms with Crippen LogP contribution in [-0.2, 0) is 25.1 Å². The highest BCUT2D eigenvalue weighted by Gasteiger charge is 2.37. The van der Waals surface area contributed by atoms with Crippen molar-refractivity contribution in [3.63, 3.8) is 0 Å². The lowest BCUT2D eigenvalue weighted by atomic mass is 10.0. The summed E-state index contributed by atoms with van der Waals surface area (Å²) in [6.45, 7) is 4.50. The molecule has 10 nitrogen and oxygen atoms in total. The Labute approximate surface area is 238 Å². The molecule has 14 heteroatoms. The minimum absolute atomic E-state index is 0.0167. The van der Waals surface area contributed by atoms with E-state index < -0.39 is 35.9 Å². The first kappa shape index (κ1) is 28.5. The van der Waals surface area contributed by atoms with Crippen LogP contribution in [0.25, 0.3) is 11.3 Å². The van der Waals surface area contributed by atoms with E-state index in [1.54, 1.807) is 18.0 Å². The Bertz CT molecular complexity index is 1470. The highest BCUT2D eigenvalue weighted by Crippen LogP contribution is 2.40. The van der Waals surface area contributed by atoms with Gasteiger partial charge in [0, 0.05) is 23.9 Å². The summed E-state index contributed by atoms with van der Waals surface area (Å²) in [5.74, 6) is -1.94. The number of hydrogen-bond donors (Lipinski definition) is 0. The summed E-state index contributed by atoms with van der Waals surface area (Å²) >= 11 is 0. The second-order valence-corrected chi connectivity index (χ2v) is 10.4. The molecule has 2 aromatic heterocycles. The summed E-state index contributed by atoms with van der Waals surface area (Å²) in [7, 11) is 0. The fraction of sp³-hybridized carbons (Fsp3) is 0.500. The van der Waals surface area contributed by atoms with Crippen molar-refractivity contribution < 1.29 is 41.3 Å². The zero-order valence-electron chi connectivity index (χ0n) is 22.9. The molecule has 2 saturated heterocycles. The number of ether oxygens (including phenoxy) is 4. The van der Waals surface area contributed by atoms with Crippen LogP contribution in [-0.4, -0.2) is 64.7 Å². The molecule has 0 N–H and O–H groups in total. The smallest absolute Gasteiger partial charge is 0.416 e. The number of anilines is 1. The normalized spacial score (nSPS) is 21.6. The fourth-order valence-corrected chi connectivity index (χ4v) is 5.15. The second-order valence-electron chi connectivity index (χ2n) is 10.4. The van der Waals surface area contributed by atoms with Gasteiger partial charge in [0.25, 0.3) is 0 Å². The highest BCUT2D eigenvalue weighted by molar-refractivity contribution is 5.91. The Balaban J connectivity index is 1.46. The van der Waals surface area contributed by atoms with Crippen molar-refractivity contribution in [3.8, 4) is 11.3 Å². The molecule has 3 fully saturated rings. The van der Waals surface area contributed by atoms with E-state index in [0.717, 1.165) is 30.5 Å². The Morgan fingerprint density at radius 2 is 1.90 bits per heavy atom. The van der Waals surface area contributed by atoms with E-state index in [9.17, 15) is 18.0 Å². The van der Waals surface area contributed by atoms with Crippen LogP contribution in [0.3, 0.4) is 0 Å². The molecule has 0 amide bonds. The molecule has 6 rings (SSSR count). The number of alkyl halides is 3. The van der Waals surface area contributed by atoms with Gasteiger partial charge in [-0.3, -0.25) is 4.68 Å². The van der Waals surface area contributed by atoms with Crippen molar-refractivity contribution in [1.29, 1.82) is 0 Å². The third-order valence-corrected chi connectivity index (χ3v) is 7.27. The van der Waals surface area contributed by atoms with Gasteiger partial charge in [-0.1, -0.05) is 0 Å². The van der Waals surface area contributed by atoms with Gasteiger partial charge >= 0.3 is 12.1 Å². The monoisotopic (exact) mass is 591 g/mol. The van der Waals surface area contributed by atoms with E-state index in [1.807, 2.05) is 17.8 Å². The Kier molecular flexibility index (Phi) is 7.62. The third-order valence-electron chi connectivity index (χ3n) is 7.27. The Morgan fingerprint density at radius 1 is 1.14 bits per heavy atom. The number of esters is 1. The minimum Gasteiger partial charge on any atom is -0.461 e. The van der Waals surface area contributed by atoms with Crippen LogP contribution in [0.5, 0.6) is 0 Å². The van der Waals surface area contributed by atoms with Crippen LogP contribution < -0.4 is 4.90 Å². The van der Waals surface area contributed by atoms with Crippen LogP contribution in [0.1, 0.15) is 72.3 Å². The number of carbonyl (C=O) groups excluding carboxylic acids is 1. The van der Waals surface area contributed by atoms with Crippen molar-refractivity contribution in [3.05, 3.63) is 58.8 Å². The molecular formula is C28H29F4N5O5. The molecule has 0 spiro atoms. The van der Waals surface area contributed by atoms with Crippen molar-refractivity contribution in [2.24, 2.45) is 0 Å². The predicted molar refractivity (Wildman–Crippen MR) is 139 cm³/mol. The number of aromatic nitrogens is 4. The molecule has 2 atom stereocenters. The maximum atomic E-state index is 15.4. The molecule has 224 valence electrons. The lowest BCUT2D eigenvalue weighted by Crippen LogP contribution is -2.44. The lowest BCUT2D eigenvalue weighted by Gasteiger charge is -2.37. The van der Waals surface area contributed by atoms with Gasteiger partial charge < -0.3 is 23.8 Å². The van der Waals surface area contributed by atoms with Gasteiger partial charge in [0.2, 0.25) is 5.95 Å². The molecular weight excluding hydrogens is 562 g/mol. The Hall–Kier alpha value is -3.62. The Morgan fingerprint density at radius 3 is 2.57 bits per heavy atom. The van der Waals surface area contributed by atoms with Gasteiger partial charge in [-0.2, -0.15) is 18.3 Å². The third kappa shape index (κ3) is 5.70. The largest absolute Gasteiger partial charge is 0.461 e. The van der Waals surface area contributed by atoms with E-state index in [2.05, 4.69) is 15.1 Å². The summed E-state index contributed by atoms with van der Waals surface area (Å²) < 4.78 is 80.0. The van der Waals surface area contributed by atoms with E-state index in [4.69, 9.17) is 18.9 Å². The maximum absolute atomic E-state index is 15.4. The number of benzene rings is 1. The van der Waals surface area contributed by atoms with Gasteiger partial charge in [-0.05, 0) is 44.9 Å². The van der Waals surface area contributed by atoms with E-state index >= 15 is 4.39 Å². The minimum atomic E-state index is -4.75. The van der Waals surface area contributed by atoms with Crippen molar-refractivity contribution in [1.82, 2.24) is 19.7 Å². The van der Waals surface area contributed by atoms with Gasteiger partial charge in [0.15, 0.2) is 12.0 Å². The summed E-state index contributed by atoms with van der Waals surface area (Å²) in [6, 6.07) is 2.52. The van der Waals surface area contributed by atoms with Crippen LogP contribution in [0, 0.1) is 5.82 Å². The van der Waals surface area contributed by atoms with Crippen molar-refractivity contribution >= 4 is 11.9 Å². The average molecular weight is 592 g/mol. The molecule has 1 aromatic carbocycles. The van der Waals surface area contributed by atoms with E-state index in [1.165, 1.54) is 0 Å². The van der Waals surface area contributed by atoms with Gasteiger partial charge in [0.1, 0.15) is 11.9 Å². The first-order valence-corrected chi connectivity index (χ1v) is 13.8. The van der Waals surface area contributed by atoms with Gasteiger partial charge in [-0.15, -0.1) is 0 Å². The fourth-order valence-electron chi connectivity index (χ4n) is 5.15. The number of carbonyl (C=O) groups is 1. The topological polar surface area (TPSA) is 101 Å².